The van der Waals surface area contributed by atoms with Gasteiger partial charge < -0.3 is 4.57 Å². The molecule has 84 valence electrons. The Kier molecular flexibility index (Phi) is 3.57. The second kappa shape index (κ2) is 5.12. The number of hydrogen-bond acceptors (Lipinski definition) is 2. The first-order chi connectivity index (χ1) is 7.79. The van der Waals surface area contributed by atoms with E-state index in [-0.39, 0.29) is 0 Å². The lowest BCUT2D eigenvalue weighted by molar-refractivity contribution is 0.668. The zero-order chi connectivity index (χ0) is 11.4. The van der Waals surface area contributed by atoms with Gasteiger partial charge in [-0.25, -0.2) is 0 Å². The van der Waals surface area contributed by atoms with E-state index in [2.05, 4.69) is 41.4 Å². The first kappa shape index (κ1) is 11.1. The molecule has 1 aromatic carbocycles. The van der Waals surface area contributed by atoms with Crippen molar-refractivity contribution in [2.45, 2.75) is 25.8 Å². The summed E-state index contributed by atoms with van der Waals surface area (Å²) in [7, 11) is 0. The van der Waals surface area contributed by atoms with Gasteiger partial charge in [-0.15, -0.1) is 21.8 Å². The molecule has 0 saturated heterocycles. The molecule has 0 saturated carbocycles. The molecule has 0 fully saturated rings. The van der Waals surface area contributed by atoms with E-state index in [1.807, 2.05) is 4.57 Å². The monoisotopic (exact) mass is 235 g/mol. The Bertz CT molecular complexity index is 465. The van der Waals surface area contributed by atoms with E-state index in [0.717, 1.165) is 18.8 Å². The van der Waals surface area contributed by atoms with Crippen LogP contribution < -0.4 is 0 Å². The zero-order valence-electron chi connectivity index (χ0n) is 9.23. The second-order valence-electron chi connectivity index (χ2n) is 3.81. The van der Waals surface area contributed by atoms with E-state index in [9.17, 15) is 0 Å². The molecule has 0 atom stereocenters. The minimum absolute atomic E-state index is 0.411. The van der Waals surface area contributed by atoms with Gasteiger partial charge in [-0.2, -0.15) is 0 Å². The van der Waals surface area contributed by atoms with Crippen LogP contribution in [0.2, 0.25) is 0 Å². The molecule has 0 amide bonds. The molecular weight excluding hydrogens is 222 g/mol. The highest BCUT2D eigenvalue weighted by Crippen LogP contribution is 2.07. The summed E-state index contributed by atoms with van der Waals surface area (Å²) < 4.78 is 2.00. The summed E-state index contributed by atoms with van der Waals surface area (Å²) in [5.74, 6) is 1.24. The Morgan fingerprint density at radius 2 is 2.25 bits per heavy atom. The normalized spacial score (nSPS) is 10.6. The van der Waals surface area contributed by atoms with Gasteiger partial charge in [0.2, 0.25) is 0 Å². The van der Waals surface area contributed by atoms with Crippen LogP contribution in [0.3, 0.4) is 0 Å². The van der Waals surface area contributed by atoms with Crippen LogP contribution >= 0.6 is 11.6 Å². The maximum absolute atomic E-state index is 5.76. The number of aryl methyl sites for hydroxylation is 3. The largest absolute Gasteiger partial charge is 0.316 e. The van der Waals surface area contributed by atoms with Gasteiger partial charge in [-0.05, 0) is 18.9 Å². The standard InChI is InChI=1S/C12H14ClN3/c1-10-3-2-4-11(7-10)5-6-16-9-14-15-12(16)8-13/h2-4,7,9H,5-6,8H2,1H3. The molecule has 1 aromatic heterocycles. The maximum Gasteiger partial charge on any atom is 0.147 e. The minimum Gasteiger partial charge on any atom is -0.316 e. The number of halogens is 1. The number of nitrogens with zero attached hydrogens (tertiary/aromatic N) is 3. The van der Waals surface area contributed by atoms with Crippen molar-refractivity contribution in [2.75, 3.05) is 0 Å². The van der Waals surface area contributed by atoms with Gasteiger partial charge in [0.25, 0.3) is 0 Å². The predicted molar refractivity (Wildman–Crippen MR) is 64.5 cm³/mol. The third-order valence-corrected chi connectivity index (χ3v) is 2.78. The molecule has 0 spiro atoms. The SMILES string of the molecule is Cc1cccc(CCn2cnnc2CCl)c1. The summed E-state index contributed by atoms with van der Waals surface area (Å²) in [5.41, 5.74) is 2.62. The Hall–Kier alpha value is -1.35. The summed E-state index contributed by atoms with van der Waals surface area (Å²) in [6.45, 7) is 2.98. The topological polar surface area (TPSA) is 30.7 Å². The smallest absolute Gasteiger partial charge is 0.147 e. The lowest BCUT2D eigenvalue weighted by Gasteiger charge is -2.05. The molecule has 0 aliphatic rings. The van der Waals surface area contributed by atoms with Crippen LogP contribution in [0.15, 0.2) is 30.6 Å². The highest BCUT2D eigenvalue weighted by Gasteiger charge is 2.02. The maximum atomic E-state index is 5.76. The molecule has 0 aliphatic carbocycles. The number of rotatable bonds is 4. The van der Waals surface area contributed by atoms with Crippen molar-refractivity contribution in [2.24, 2.45) is 0 Å². The van der Waals surface area contributed by atoms with Crippen LogP contribution in [-0.2, 0) is 18.8 Å². The molecule has 4 heteroatoms. The summed E-state index contributed by atoms with van der Waals surface area (Å²) in [6.07, 6.45) is 2.71. The van der Waals surface area contributed by atoms with Crippen molar-refractivity contribution in [3.05, 3.63) is 47.5 Å². The van der Waals surface area contributed by atoms with E-state index in [1.165, 1.54) is 11.1 Å². The summed E-state index contributed by atoms with van der Waals surface area (Å²) in [4.78, 5) is 0. The lowest BCUT2D eigenvalue weighted by atomic mass is 10.1. The molecule has 0 N–H and O–H groups in total. The van der Waals surface area contributed by atoms with Crippen LogP contribution in [-0.4, -0.2) is 14.8 Å². The van der Waals surface area contributed by atoms with Crippen molar-refractivity contribution in [3.8, 4) is 0 Å². The molecule has 0 unspecified atom stereocenters. The highest BCUT2D eigenvalue weighted by molar-refractivity contribution is 6.16. The molecule has 0 aliphatic heterocycles. The van der Waals surface area contributed by atoms with E-state index in [0.29, 0.717) is 5.88 Å². The van der Waals surface area contributed by atoms with Crippen LogP contribution in [0.1, 0.15) is 17.0 Å². The molecule has 2 rings (SSSR count). The fraction of sp³-hybridized carbons (Fsp3) is 0.333. The molecule has 0 bridgehead atoms. The second-order valence-corrected chi connectivity index (χ2v) is 4.08. The molecule has 3 nitrogen and oxygen atoms in total. The Morgan fingerprint density at radius 1 is 1.38 bits per heavy atom. The summed E-state index contributed by atoms with van der Waals surface area (Å²) in [6, 6.07) is 8.52. The number of hydrogen-bond donors (Lipinski definition) is 0. The lowest BCUT2D eigenvalue weighted by Crippen LogP contribution is -2.04. The first-order valence-corrected chi connectivity index (χ1v) is 5.81. The molecule has 1 heterocycles. The van der Waals surface area contributed by atoms with Crippen LogP contribution in [0.4, 0.5) is 0 Å². The van der Waals surface area contributed by atoms with Crippen LogP contribution in [0.25, 0.3) is 0 Å². The van der Waals surface area contributed by atoms with Gasteiger partial charge in [0, 0.05) is 6.54 Å². The van der Waals surface area contributed by atoms with Gasteiger partial charge in [-0.3, -0.25) is 0 Å². The summed E-state index contributed by atoms with van der Waals surface area (Å²) >= 11 is 5.76. The average molecular weight is 236 g/mol. The predicted octanol–water partition coefficient (Wildman–Crippen LogP) is 2.57. The third-order valence-electron chi connectivity index (χ3n) is 2.54. The fourth-order valence-corrected chi connectivity index (χ4v) is 1.89. The van der Waals surface area contributed by atoms with E-state index >= 15 is 0 Å². The number of aromatic nitrogens is 3. The van der Waals surface area contributed by atoms with Gasteiger partial charge in [0.05, 0.1) is 5.88 Å². The van der Waals surface area contributed by atoms with Crippen molar-refractivity contribution >= 4 is 11.6 Å². The van der Waals surface area contributed by atoms with Crippen molar-refractivity contribution in [1.82, 2.24) is 14.8 Å². The van der Waals surface area contributed by atoms with Crippen LogP contribution in [0.5, 0.6) is 0 Å². The van der Waals surface area contributed by atoms with Crippen molar-refractivity contribution in [3.63, 3.8) is 0 Å². The minimum atomic E-state index is 0.411. The molecule has 0 radical (unpaired) electrons. The molecular formula is C12H14ClN3. The Morgan fingerprint density at radius 3 is 3.00 bits per heavy atom. The molecule has 2 aromatic rings. The van der Waals surface area contributed by atoms with Gasteiger partial charge in [0.1, 0.15) is 12.2 Å². The van der Waals surface area contributed by atoms with Crippen molar-refractivity contribution in [1.29, 1.82) is 0 Å². The van der Waals surface area contributed by atoms with Gasteiger partial charge in [0.15, 0.2) is 0 Å². The number of benzene rings is 1. The fourth-order valence-electron chi connectivity index (χ4n) is 1.69. The van der Waals surface area contributed by atoms with Crippen molar-refractivity contribution < 1.29 is 0 Å². The quantitative estimate of drug-likeness (QED) is 0.763. The van der Waals surface area contributed by atoms with E-state index in [4.69, 9.17) is 11.6 Å². The first-order valence-electron chi connectivity index (χ1n) is 5.28. The van der Waals surface area contributed by atoms with E-state index < -0.39 is 0 Å². The van der Waals surface area contributed by atoms with Crippen LogP contribution in [0, 0.1) is 6.92 Å². The highest BCUT2D eigenvalue weighted by atomic mass is 35.5. The van der Waals surface area contributed by atoms with E-state index in [1.54, 1.807) is 6.33 Å². The Balaban J connectivity index is 2.02. The average Bonchev–Trinajstić information content (AvgIpc) is 2.74. The third kappa shape index (κ3) is 2.61. The zero-order valence-corrected chi connectivity index (χ0v) is 9.98. The van der Waals surface area contributed by atoms with Gasteiger partial charge >= 0.3 is 0 Å². The number of alkyl halides is 1. The molecule has 16 heavy (non-hydrogen) atoms. The summed E-state index contributed by atoms with van der Waals surface area (Å²) in [5, 5.41) is 7.80. The Labute approximate surface area is 100 Å². The van der Waals surface area contributed by atoms with Gasteiger partial charge in [-0.1, -0.05) is 29.8 Å².